The van der Waals surface area contributed by atoms with Gasteiger partial charge in [-0.15, -0.1) is 0 Å². The van der Waals surface area contributed by atoms with Gasteiger partial charge in [0.05, 0.1) is 34.5 Å². The summed E-state index contributed by atoms with van der Waals surface area (Å²) < 4.78 is 7.41. The number of hydrogen-bond acceptors (Lipinski definition) is 6. The number of imidazole rings is 1. The van der Waals surface area contributed by atoms with Crippen LogP contribution in [0.3, 0.4) is 0 Å². The van der Waals surface area contributed by atoms with Gasteiger partial charge < -0.3 is 4.74 Å². The zero-order chi connectivity index (χ0) is 25.1. The lowest BCUT2D eigenvalue weighted by atomic mass is 10.0. The Morgan fingerprint density at radius 3 is 2.36 bits per heavy atom. The molecule has 7 nitrogen and oxygen atoms in total. The first-order valence-corrected chi connectivity index (χ1v) is 12.2. The summed E-state index contributed by atoms with van der Waals surface area (Å²) in [6.45, 7) is 0. The molecule has 0 fully saturated rings. The topological polar surface area (TPSA) is 87.3 Å². The minimum absolute atomic E-state index is 0.0378. The smallest absolute Gasteiger partial charge is 0.271 e. The number of nitro groups is 1. The number of thioether (sulfide) groups is 1. The molecule has 1 aromatic heterocycles. The number of aromatic nitrogens is 2. The fourth-order valence-electron chi connectivity index (χ4n) is 4.00. The summed E-state index contributed by atoms with van der Waals surface area (Å²) in [6.07, 6.45) is 0. The Balaban J connectivity index is 1.46. The molecule has 8 heteroatoms. The lowest BCUT2D eigenvalue weighted by molar-refractivity contribution is -0.384. The van der Waals surface area contributed by atoms with E-state index in [0.717, 1.165) is 16.8 Å². The van der Waals surface area contributed by atoms with Crippen LogP contribution in [0.15, 0.2) is 102 Å². The predicted molar refractivity (Wildman–Crippen MR) is 141 cm³/mol. The summed E-state index contributed by atoms with van der Waals surface area (Å²) in [5.41, 5.74) is 4.59. The number of hydrogen-bond donors (Lipinski definition) is 0. The maximum atomic E-state index is 13.0. The molecule has 0 N–H and O–H groups in total. The van der Waals surface area contributed by atoms with Crippen molar-refractivity contribution in [2.75, 3.05) is 12.9 Å². The molecule has 0 spiro atoms. The van der Waals surface area contributed by atoms with Gasteiger partial charge in [0.15, 0.2) is 10.9 Å². The Kier molecular flexibility index (Phi) is 6.51. The molecule has 0 aliphatic carbocycles. The van der Waals surface area contributed by atoms with Crippen LogP contribution < -0.4 is 4.74 Å². The van der Waals surface area contributed by atoms with Crippen LogP contribution in [0, 0.1) is 10.1 Å². The number of carbonyl (C=O) groups excluding carboxylic acids is 1. The molecule has 5 rings (SSSR count). The molecule has 0 unspecified atom stereocenters. The Bertz CT molecular complexity index is 1560. The zero-order valence-corrected chi connectivity index (χ0v) is 20.1. The van der Waals surface area contributed by atoms with Crippen molar-refractivity contribution in [3.63, 3.8) is 0 Å². The number of methoxy groups -OCH3 is 1. The molecule has 1 heterocycles. The van der Waals surface area contributed by atoms with E-state index in [-0.39, 0.29) is 17.2 Å². The van der Waals surface area contributed by atoms with Crippen LogP contribution in [0.25, 0.3) is 27.8 Å². The van der Waals surface area contributed by atoms with Gasteiger partial charge in [0, 0.05) is 17.7 Å². The lowest BCUT2D eigenvalue weighted by Gasteiger charge is -2.13. The van der Waals surface area contributed by atoms with Gasteiger partial charge in [0.2, 0.25) is 0 Å². The van der Waals surface area contributed by atoms with Crippen LogP contribution in [0.5, 0.6) is 5.75 Å². The largest absolute Gasteiger partial charge is 0.495 e. The highest BCUT2D eigenvalue weighted by Gasteiger charge is 2.19. The number of non-ortho nitro benzene ring substituents is 1. The molecule has 0 atom stereocenters. The van der Waals surface area contributed by atoms with Crippen LogP contribution in [0.2, 0.25) is 0 Å². The van der Waals surface area contributed by atoms with E-state index in [2.05, 4.69) is 4.98 Å². The van der Waals surface area contributed by atoms with Crippen molar-refractivity contribution in [3.8, 4) is 22.6 Å². The van der Waals surface area contributed by atoms with Crippen LogP contribution in [-0.4, -0.2) is 33.1 Å². The number of fused-ring (bicyclic) bond motifs is 1. The van der Waals surface area contributed by atoms with Gasteiger partial charge in [-0.2, -0.15) is 0 Å². The van der Waals surface area contributed by atoms with Gasteiger partial charge in [0.1, 0.15) is 5.75 Å². The molecule has 0 saturated heterocycles. The average Bonchev–Trinajstić information content (AvgIpc) is 3.29. The summed E-state index contributed by atoms with van der Waals surface area (Å²) in [4.78, 5) is 28.5. The van der Waals surface area contributed by atoms with E-state index in [1.807, 2.05) is 83.4 Å². The molecule has 0 aliphatic rings. The first kappa shape index (κ1) is 23.3. The molecule has 36 heavy (non-hydrogen) atoms. The van der Waals surface area contributed by atoms with Gasteiger partial charge in [-0.05, 0) is 29.3 Å². The second kappa shape index (κ2) is 10.1. The summed E-state index contributed by atoms with van der Waals surface area (Å²) in [5.74, 6) is 0.745. The highest BCUT2D eigenvalue weighted by molar-refractivity contribution is 7.99. The van der Waals surface area contributed by atoms with Crippen LogP contribution in [0.1, 0.15) is 10.4 Å². The van der Waals surface area contributed by atoms with Crippen LogP contribution in [0.4, 0.5) is 5.69 Å². The Labute approximate surface area is 211 Å². The lowest BCUT2D eigenvalue weighted by Crippen LogP contribution is -2.05. The van der Waals surface area contributed by atoms with Crippen LogP contribution in [-0.2, 0) is 0 Å². The van der Waals surface area contributed by atoms with Crippen molar-refractivity contribution in [1.82, 2.24) is 9.55 Å². The monoisotopic (exact) mass is 495 g/mol. The predicted octanol–water partition coefficient (Wildman–Crippen LogP) is 6.58. The van der Waals surface area contributed by atoms with E-state index in [0.29, 0.717) is 27.5 Å². The van der Waals surface area contributed by atoms with Crippen molar-refractivity contribution in [2.24, 2.45) is 0 Å². The molecule has 0 aliphatic heterocycles. The molecular formula is C28H21N3O4S. The third kappa shape index (κ3) is 4.58. The normalized spacial score (nSPS) is 10.9. The van der Waals surface area contributed by atoms with Gasteiger partial charge in [-0.1, -0.05) is 78.5 Å². The second-order valence-corrected chi connectivity index (χ2v) is 8.93. The minimum Gasteiger partial charge on any atom is -0.495 e. The van der Waals surface area contributed by atoms with E-state index in [9.17, 15) is 14.9 Å². The van der Waals surface area contributed by atoms with E-state index in [4.69, 9.17) is 4.74 Å². The number of carbonyl (C=O) groups is 1. The zero-order valence-electron chi connectivity index (χ0n) is 19.3. The number of Topliss-reactive ketones (excluding diaryl/α,β-unsaturated/α-hetero) is 1. The van der Waals surface area contributed by atoms with Crippen molar-refractivity contribution in [2.45, 2.75) is 5.16 Å². The van der Waals surface area contributed by atoms with E-state index < -0.39 is 4.92 Å². The Morgan fingerprint density at radius 2 is 1.64 bits per heavy atom. The van der Waals surface area contributed by atoms with Crippen molar-refractivity contribution < 1.29 is 14.5 Å². The number of ether oxygens (including phenoxy) is 1. The number of para-hydroxylation sites is 2. The molecular weight excluding hydrogens is 474 g/mol. The summed E-state index contributed by atoms with van der Waals surface area (Å²) in [6, 6.07) is 29.5. The third-order valence-corrected chi connectivity index (χ3v) is 6.73. The molecule has 178 valence electrons. The quantitative estimate of drug-likeness (QED) is 0.105. The molecule has 0 amide bonds. The Morgan fingerprint density at radius 1 is 0.944 bits per heavy atom. The maximum absolute atomic E-state index is 13.0. The fourth-order valence-corrected chi connectivity index (χ4v) is 4.91. The van der Waals surface area contributed by atoms with Crippen molar-refractivity contribution in [1.29, 1.82) is 0 Å². The van der Waals surface area contributed by atoms with E-state index >= 15 is 0 Å². The first-order chi connectivity index (χ1) is 17.5. The fraction of sp³-hybridized carbons (Fsp3) is 0.0714. The van der Waals surface area contributed by atoms with Gasteiger partial charge in [-0.25, -0.2) is 4.98 Å². The maximum Gasteiger partial charge on any atom is 0.271 e. The minimum atomic E-state index is -0.447. The van der Waals surface area contributed by atoms with Crippen molar-refractivity contribution in [3.05, 3.63) is 113 Å². The molecule has 0 saturated carbocycles. The number of benzene rings is 4. The molecule has 0 radical (unpaired) electrons. The van der Waals surface area contributed by atoms with Gasteiger partial charge in [-0.3, -0.25) is 19.5 Å². The average molecular weight is 496 g/mol. The number of nitrogens with zero attached hydrogens (tertiary/aromatic N) is 3. The molecule has 0 bridgehead atoms. The highest BCUT2D eigenvalue weighted by Crippen LogP contribution is 2.34. The Hall–Kier alpha value is -4.43. The standard InChI is InChI=1S/C28H21N3O4S/c1-35-27-10-6-5-9-25(27)30-24-16-15-22(31(33)34)17-23(24)29-28(30)36-18-26(32)21-13-11-20(12-14-21)19-7-3-2-4-8-19/h2-17H,18H2,1H3. The van der Waals surface area contributed by atoms with Crippen LogP contribution >= 0.6 is 11.8 Å². The summed E-state index contributed by atoms with van der Waals surface area (Å²) in [5, 5.41) is 11.8. The second-order valence-electron chi connectivity index (χ2n) is 7.99. The third-order valence-electron chi connectivity index (χ3n) is 5.79. The number of ketones is 1. The first-order valence-electron chi connectivity index (χ1n) is 11.2. The van der Waals surface area contributed by atoms with Gasteiger partial charge >= 0.3 is 0 Å². The van der Waals surface area contributed by atoms with E-state index in [1.54, 1.807) is 13.2 Å². The number of nitro benzene ring substituents is 1. The molecule has 4 aromatic carbocycles. The highest BCUT2D eigenvalue weighted by atomic mass is 32.2. The van der Waals surface area contributed by atoms with Crippen molar-refractivity contribution >= 4 is 34.3 Å². The van der Waals surface area contributed by atoms with Gasteiger partial charge in [0.25, 0.3) is 5.69 Å². The summed E-state index contributed by atoms with van der Waals surface area (Å²) >= 11 is 1.28. The number of rotatable bonds is 8. The summed E-state index contributed by atoms with van der Waals surface area (Å²) in [7, 11) is 1.58. The van der Waals surface area contributed by atoms with E-state index in [1.165, 1.54) is 23.9 Å². The molecule has 5 aromatic rings. The SMILES string of the molecule is COc1ccccc1-n1c(SCC(=O)c2ccc(-c3ccccc3)cc2)nc2cc([N+](=O)[O-])ccc21.